The summed E-state index contributed by atoms with van der Waals surface area (Å²) in [5, 5.41) is 2.84. The molecule has 3 N–H and O–H groups in total. The average Bonchev–Trinajstić information content (AvgIpc) is 3.02. The number of nitrogens with zero attached hydrogens (tertiary/aromatic N) is 1. The largest absolute Gasteiger partial charge is 0.497 e. The van der Waals surface area contributed by atoms with Gasteiger partial charge in [0, 0.05) is 25.2 Å². The maximum absolute atomic E-state index is 12.6. The number of nitrogens with two attached hydrogens (primary N) is 1. The van der Waals surface area contributed by atoms with Crippen molar-refractivity contribution in [3.63, 3.8) is 0 Å². The molecule has 1 aliphatic rings. The molecule has 0 saturated carbocycles. The van der Waals surface area contributed by atoms with Crippen LogP contribution in [0, 0.1) is 0 Å². The lowest BCUT2D eigenvalue weighted by molar-refractivity contribution is -0.129. The molecule has 3 rings (SSSR count). The Balaban J connectivity index is 0.00000261. The molecule has 1 saturated heterocycles. The van der Waals surface area contributed by atoms with Crippen molar-refractivity contribution in [3.8, 4) is 5.75 Å². The minimum atomic E-state index is -0.477. The number of carbonyl (C=O) groups excluding carboxylic acids is 2. The summed E-state index contributed by atoms with van der Waals surface area (Å²) in [6.07, 6.45) is 0.613. The van der Waals surface area contributed by atoms with E-state index in [4.69, 9.17) is 10.5 Å². The van der Waals surface area contributed by atoms with Gasteiger partial charge in [-0.15, -0.1) is 12.4 Å². The van der Waals surface area contributed by atoms with Crippen molar-refractivity contribution in [2.75, 3.05) is 13.7 Å². The van der Waals surface area contributed by atoms with Crippen molar-refractivity contribution in [2.24, 2.45) is 5.73 Å². The lowest BCUT2D eigenvalue weighted by Crippen LogP contribution is -2.41. The summed E-state index contributed by atoms with van der Waals surface area (Å²) in [7, 11) is 1.62. The first-order valence-electron chi connectivity index (χ1n) is 8.62. The number of ether oxygens (including phenoxy) is 1. The smallest absolute Gasteiger partial charge is 0.251 e. The molecular formula is C20H24ClN3O3. The van der Waals surface area contributed by atoms with Crippen LogP contribution in [0.5, 0.6) is 5.75 Å². The van der Waals surface area contributed by atoms with Crippen molar-refractivity contribution in [1.29, 1.82) is 0 Å². The van der Waals surface area contributed by atoms with Crippen LogP contribution in [0.25, 0.3) is 0 Å². The molecule has 1 heterocycles. The maximum Gasteiger partial charge on any atom is 0.251 e. The predicted octanol–water partition coefficient (Wildman–Crippen LogP) is 2.11. The SMILES string of the molecule is COc1ccc(CN2CCC(NC(=O)c3ccc(CN)cc3)C2=O)cc1.Cl. The number of methoxy groups -OCH3 is 1. The van der Waals surface area contributed by atoms with Crippen molar-refractivity contribution >= 4 is 24.2 Å². The molecule has 2 aromatic rings. The highest BCUT2D eigenvalue weighted by molar-refractivity contribution is 5.98. The van der Waals surface area contributed by atoms with Crippen LogP contribution in [-0.2, 0) is 17.9 Å². The van der Waals surface area contributed by atoms with Gasteiger partial charge < -0.3 is 20.7 Å². The van der Waals surface area contributed by atoms with Crippen molar-refractivity contribution < 1.29 is 14.3 Å². The van der Waals surface area contributed by atoms with Gasteiger partial charge in [0.2, 0.25) is 5.91 Å². The third-order valence-corrected chi connectivity index (χ3v) is 4.59. The second-order valence-electron chi connectivity index (χ2n) is 6.32. The van der Waals surface area contributed by atoms with Gasteiger partial charge in [0.15, 0.2) is 0 Å². The summed E-state index contributed by atoms with van der Waals surface area (Å²) in [6, 6.07) is 14.3. The van der Waals surface area contributed by atoms with E-state index in [-0.39, 0.29) is 24.2 Å². The molecule has 7 heteroatoms. The minimum absolute atomic E-state index is 0. The average molecular weight is 390 g/mol. The fourth-order valence-electron chi connectivity index (χ4n) is 3.01. The first kappa shape index (κ1) is 20.7. The number of rotatable bonds is 6. The van der Waals surface area contributed by atoms with Gasteiger partial charge in [0.05, 0.1) is 7.11 Å². The van der Waals surface area contributed by atoms with E-state index in [0.717, 1.165) is 16.9 Å². The molecule has 1 aliphatic heterocycles. The molecule has 1 atom stereocenters. The van der Waals surface area contributed by atoms with Crippen LogP contribution in [0.1, 0.15) is 27.9 Å². The molecule has 0 spiro atoms. The number of hydrogen-bond acceptors (Lipinski definition) is 4. The highest BCUT2D eigenvalue weighted by Gasteiger charge is 2.32. The number of hydrogen-bond donors (Lipinski definition) is 2. The molecule has 0 radical (unpaired) electrons. The van der Waals surface area contributed by atoms with Crippen LogP contribution < -0.4 is 15.8 Å². The highest BCUT2D eigenvalue weighted by atomic mass is 35.5. The monoisotopic (exact) mass is 389 g/mol. The summed E-state index contributed by atoms with van der Waals surface area (Å²) in [5.41, 5.74) is 8.09. The van der Waals surface area contributed by atoms with Gasteiger partial charge in [-0.3, -0.25) is 9.59 Å². The van der Waals surface area contributed by atoms with E-state index in [1.165, 1.54) is 0 Å². The number of halogens is 1. The fraction of sp³-hybridized carbons (Fsp3) is 0.300. The lowest BCUT2D eigenvalue weighted by Gasteiger charge is -2.17. The second kappa shape index (κ2) is 9.39. The summed E-state index contributed by atoms with van der Waals surface area (Å²) in [6.45, 7) is 1.59. The number of nitrogens with one attached hydrogen (secondary N) is 1. The molecule has 144 valence electrons. The second-order valence-corrected chi connectivity index (χ2v) is 6.32. The molecule has 1 unspecified atom stereocenters. The summed E-state index contributed by atoms with van der Waals surface area (Å²) >= 11 is 0. The minimum Gasteiger partial charge on any atom is -0.497 e. The molecule has 2 amide bonds. The topological polar surface area (TPSA) is 84.7 Å². The van der Waals surface area contributed by atoms with Crippen LogP contribution in [0.4, 0.5) is 0 Å². The predicted molar refractivity (Wildman–Crippen MR) is 106 cm³/mol. The summed E-state index contributed by atoms with van der Waals surface area (Å²) in [5.74, 6) is 0.498. The highest BCUT2D eigenvalue weighted by Crippen LogP contribution is 2.18. The number of benzene rings is 2. The van der Waals surface area contributed by atoms with Gasteiger partial charge in [0.25, 0.3) is 5.91 Å². The Morgan fingerprint density at radius 3 is 2.37 bits per heavy atom. The van der Waals surface area contributed by atoms with Gasteiger partial charge in [-0.05, 0) is 41.8 Å². The molecule has 0 aliphatic carbocycles. The van der Waals surface area contributed by atoms with Crippen molar-refractivity contribution in [2.45, 2.75) is 25.6 Å². The third kappa shape index (κ3) is 4.99. The van der Waals surface area contributed by atoms with Crippen molar-refractivity contribution in [3.05, 3.63) is 65.2 Å². The fourth-order valence-corrected chi connectivity index (χ4v) is 3.01. The molecule has 6 nitrogen and oxygen atoms in total. The standard InChI is InChI=1S/C20H23N3O3.ClH/c1-26-17-8-4-15(5-9-17)13-23-11-10-18(20(23)25)22-19(24)16-6-2-14(12-21)3-7-16;/h2-9,18H,10-13,21H2,1H3,(H,22,24);1H. The van der Waals surface area contributed by atoms with Crippen molar-refractivity contribution in [1.82, 2.24) is 10.2 Å². The third-order valence-electron chi connectivity index (χ3n) is 4.59. The van der Waals surface area contributed by atoms with Gasteiger partial charge in [-0.1, -0.05) is 24.3 Å². The Bertz CT molecular complexity index is 778. The summed E-state index contributed by atoms with van der Waals surface area (Å²) < 4.78 is 5.14. The van der Waals surface area contributed by atoms with E-state index in [9.17, 15) is 9.59 Å². The zero-order chi connectivity index (χ0) is 18.5. The van der Waals surface area contributed by atoms with E-state index >= 15 is 0 Å². The van der Waals surface area contributed by atoms with Crippen LogP contribution in [0.3, 0.4) is 0 Å². The zero-order valence-corrected chi connectivity index (χ0v) is 16.0. The lowest BCUT2D eigenvalue weighted by atomic mass is 10.1. The quantitative estimate of drug-likeness (QED) is 0.792. The van der Waals surface area contributed by atoms with E-state index in [0.29, 0.717) is 31.6 Å². The molecular weight excluding hydrogens is 366 g/mol. The normalized spacial score (nSPS) is 16.0. The van der Waals surface area contributed by atoms with E-state index in [1.54, 1.807) is 24.1 Å². The first-order valence-corrected chi connectivity index (χ1v) is 8.62. The Kier molecular flexibility index (Phi) is 7.21. The number of amides is 2. The zero-order valence-electron chi connectivity index (χ0n) is 15.2. The maximum atomic E-state index is 12.6. The molecule has 0 aromatic heterocycles. The van der Waals surface area contributed by atoms with Crippen LogP contribution in [0.15, 0.2) is 48.5 Å². The van der Waals surface area contributed by atoms with E-state index in [2.05, 4.69) is 5.32 Å². The molecule has 0 bridgehead atoms. The van der Waals surface area contributed by atoms with Gasteiger partial charge in [-0.25, -0.2) is 0 Å². The Morgan fingerprint density at radius 2 is 1.78 bits per heavy atom. The van der Waals surface area contributed by atoms with Crippen LogP contribution >= 0.6 is 12.4 Å². The Hall–Kier alpha value is -2.57. The number of likely N-dealkylation sites (tertiary alicyclic amines) is 1. The molecule has 27 heavy (non-hydrogen) atoms. The first-order chi connectivity index (χ1) is 12.6. The van der Waals surface area contributed by atoms with Crippen LogP contribution in [0.2, 0.25) is 0 Å². The van der Waals surface area contributed by atoms with Gasteiger partial charge >= 0.3 is 0 Å². The van der Waals surface area contributed by atoms with Gasteiger partial charge in [-0.2, -0.15) is 0 Å². The van der Waals surface area contributed by atoms with Crippen LogP contribution in [-0.4, -0.2) is 36.4 Å². The number of carbonyl (C=O) groups is 2. The Morgan fingerprint density at radius 1 is 1.15 bits per heavy atom. The Labute approximate surface area is 165 Å². The molecule has 2 aromatic carbocycles. The molecule has 1 fully saturated rings. The van der Waals surface area contributed by atoms with Gasteiger partial charge in [0.1, 0.15) is 11.8 Å². The van der Waals surface area contributed by atoms with E-state index in [1.807, 2.05) is 36.4 Å². The van der Waals surface area contributed by atoms with E-state index < -0.39 is 6.04 Å². The summed E-state index contributed by atoms with van der Waals surface area (Å²) in [4.78, 5) is 26.7.